The SMILES string of the molecule is CN(C)C(=O)CS(=O)Cc1ccc(Oc2ccccc2)cc1. The first-order chi connectivity index (χ1) is 10.5. The number of amides is 1. The summed E-state index contributed by atoms with van der Waals surface area (Å²) < 4.78 is 17.6. The van der Waals surface area contributed by atoms with Crippen LogP contribution in [0.3, 0.4) is 0 Å². The lowest BCUT2D eigenvalue weighted by atomic mass is 10.2. The highest BCUT2D eigenvalue weighted by molar-refractivity contribution is 7.84. The number of carbonyl (C=O) groups excluding carboxylic acids is 1. The molecule has 5 heteroatoms. The molecule has 1 unspecified atom stereocenters. The highest BCUT2D eigenvalue weighted by Crippen LogP contribution is 2.21. The molecular formula is C17H19NO3S. The number of para-hydroxylation sites is 1. The normalized spacial score (nSPS) is 11.7. The van der Waals surface area contributed by atoms with Crippen molar-refractivity contribution in [1.29, 1.82) is 0 Å². The molecule has 0 heterocycles. The first kappa shape index (κ1) is 16.2. The van der Waals surface area contributed by atoms with E-state index in [4.69, 9.17) is 4.74 Å². The molecule has 22 heavy (non-hydrogen) atoms. The first-order valence-electron chi connectivity index (χ1n) is 6.91. The summed E-state index contributed by atoms with van der Waals surface area (Å²) in [6.45, 7) is 0. The molecular weight excluding hydrogens is 298 g/mol. The van der Waals surface area contributed by atoms with Crippen molar-refractivity contribution in [3.05, 3.63) is 60.2 Å². The van der Waals surface area contributed by atoms with Crippen LogP contribution in [0.4, 0.5) is 0 Å². The van der Waals surface area contributed by atoms with E-state index in [1.165, 1.54) is 4.90 Å². The number of hydrogen-bond donors (Lipinski definition) is 0. The number of carbonyl (C=O) groups is 1. The van der Waals surface area contributed by atoms with Gasteiger partial charge in [0.25, 0.3) is 0 Å². The van der Waals surface area contributed by atoms with Crippen molar-refractivity contribution >= 4 is 16.7 Å². The lowest BCUT2D eigenvalue weighted by Crippen LogP contribution is -2.27. The number of benzene rings is 2. The van der Waals surface area contributed by atoms with Crippen LogP contribution < -0.4 is 4.74 Å². The van der Waals surface area contributed by atoms with Gasteiger partial charge in [0, 0.05) is 30.6 Å². The predicted molar refractivity (Wildman–Crippen MR) is 88.4 cm³/mol. The van der Waals surface area contributed by atoms with Gasteiger partial charge >= 0.3 is 0 Å². The number of hydrogen-bond acceptors (Lipinski definition) is 3. The van der Waals surface area contributed by atoms with Crippen molar-refractivity contribution in [2.75, 3.05) is 19.8 Å². The second-order valence-electron chi connectivity index (χ2n) is 5.08. The van der Waals surface area contributed by atoms with Gasteiger partial charge in [0.1, 0.15) is 17.3 Å². The van der Waals surface area contributed by atoms with Crippen LogP contribution in [-0.2, 0) is 21.3 Å². The molecule has 0 radical (unpaired) electrons. The van der Waals surface area contributed by atoms with Crippen molar-refractivity contribution in [1.82, 2.24) is 4.90 Å². The van der Waals surface area contributed by atoms with Crippen molar-refractivity contribution in [3.63, 3.8) is 0 Å². The van der Waals surface area contributed by atoms with Gasteiger partial charge in [0.05, 0.1) is 0 Å². The van der Waals surface area contributed by atoms with E-state index in [1.807, 2.05) is 54.6 Å². The fraction of sp³-hybridized carbons (Fsp3) is 0.235. The van der Waals surface area contributed by atoms with E-state index >= 15 is 0 Å². The lowest BCUT2D eigenvalue weighted by Gasteiger charge is -2.10. The fourth-order valence-electron chi connectivity index (χ4n) is 1.78. The summed E-state index contributed by atoms with van der Waals surface area (Å²) in [5, 5.41) is 0. The van der Waals surface area contributed by atoms with E-state index in [1.54, 1.807) is 14.1 Å². The molecule has 0 aromatic heterocycles. The molecule has 0 aliphatic carbocycles. The van der Waals surface area contributed by atoms with E-state index in [0.717, 1.165) is 17.1 Å². The Morgan fingerprint density at radius 3 is 2.18 bits per heavy atom. The lowest BCUT2D eigenvalue weighted by molar-refractivity contribution is -0.125. The Labute approximate surface area is 133 Å². The number of ether oxygens (including phenoxy) is 1. The quantitative estimate of drug-likeness (QED) is 0.823. The monoisotopic (exact) mass is 317 g/mol. The Hall–Kier alpha value is -2.14. The number of nitrogens with zero attached hydrogens (tertiary/aromatic N) is 1. The maximum absolute atomic E-state index is 11.9. The first-order valence-corrected chi connectivity index (χ1v) is 8.40. The smallest absolute Gasteiger partial charge is 0.234 e. The minimum atomic E-state index is -1.20. The van der Waals surface area contributed by atoms with Crippen LogP contribution in [0.2, 0.25) is 0 Å². The molecule has 0 saturated heterocycles. The molecule has 1 amide bonds. The van der Waals surface area contributed by atoms with Gasteiger partial charge in [0.15, 0.2) is 0 Å². The second-order valence-corrected chi connectivity index (χ2v) is 6.53. The minimum Gasteiger partial charge on any atom is -0.457 e. The molecule has 4 nitrogen and oxygen atoms in total. The molecule has 0 bridgehead atoms. The van der Waals surface area contributed by atoms with Crippen LogP contribution >= 0.6 is 0 Å². The summed E-state index contributed by atoms with van der Waals surface area (Å²) in [5.74, 6) is 1.79. The maximum Gasteiger partial charge on any atom is 0.234 e. The van der Waals surface area contributed by atoms with E-state index in [-0.39, 0.29) is 11.7 Å². The van der Waals surface area contributed by atoms with E-state index in [9.17, 15) is 9.00 Å². The summed E-state index contributed by atoms with van der Waals surface area (Å²) in [7, 11) is 2.13. The van der Waals surface area contributed by atoms with Gasteiger partial charge in [-0.05, 0) is 29.8 Å². The average molecular weight is 317 g/mol. The van der Waals surface area contributed by atoms with Crippen LogP contribution in [0.1, 0.15) is 5.56 Å². The zero-order chi connectivity index (χ0) is 15.9. The van der Waals surface area contributed by atoms with Crippen LogP contribution in [0.5, 0.6) is 11.5 Å². The summed E-state index contributed by atoms with van der Waals surface area (Å²) in [6, 6.07) is 16.9. The molecule has 2 aromatic rings. The van der Waals surface area contributed by atoms with Gasteiger partial charge in [-0.3, -0.25) is 9.00 Å². The second kappa shape index (κ2) is 7.75. The molecule has 0 spiro atoms. The molecule has 116 valence electrons. The highest BCUT2D eigenvalue weighted by Gasteiger charge is 2.10. The largest absolute Gasteiger partial charge is 0.457 e. The molecule has 2 rings (SSSR count). The van der Waals surface area contributed by atoms with Gasteiger partial charge in [-0.1, -0.05) is 30.3 Å². The Balaban J connectivity index is 1.92. The molecule has 0 saturated carbocycles. The van der Waals surface area contributed by atoms with Crippen LogP contribution in [0.25, 0.3) is 0 Å². The Morgan fingerprint density at radius 2 is 1.59 bits per heavy atom. The topological polar surface area (TPSA) is 46.6 Å². The fourth-order valence-corrected chi connectivity index (χ4v) is 2.98. The van der Waals surface area contributed by atoms with Crippen LogP contribution in [0.15, 0.2) is 54.6 Å². The average Bonchev–Trinajstić information content (AvgIpc) is 2.50. The Bertz CT molecular complexity index is 639. The van der Waals surface area contributed by atoms with Crippen molar-refractivity contribution in [3.8, 4) is 11.5 Å². The van der Waals surface area contributed by atoms with Gasteiger partial charge < -0.3 is 9.64 Å². The Morgan fingerprint density at radius 1 is 1.00 bits per heavy atom. The zero-order valence-corrected chi connectivity index (χ0v) is 13.5. The molecule has 1 atom stereocenters. The molecule has 0 fully saturated rings. The summed E-state index contributed by atoms with van der Waals surface area (Å²) in [4.78, 5) is 13.0. The minimum absolute atomic E-state index is 0.0509. The third-order valence-electron chi connectivity index (χ3n) is 3.01. The molecule has 0 aliphatic heterocycles. The van der Waals surface area contributed by atoms with Crippen molar-refractivity contribution in [2.24, 2.45) is 0 Å². The highest BCUT2D eigenvalue weighted by atomic mass is 32.2. The maximum atomic E-state index is 11.9. The van der Waals surface area contributed by atoms with Crippen LogP contribution in [-0.4, -0.2) is 34.9 Å². The summed E-state index contributed by atoms with van der Waals surface area (Å²) >= 11 is 0. The van der Waals surface area contributed by atoms with E-state index in [2.05, 4.69) is 0 Å². The Kier molecular flexibility index (Phi) is 5.72. The summed E-state index contributed by atoms with van der Waals surface area (Å²) in [5.41, 5.74) is 0.922. The van der Waals surface area contributed by atoms with Gasteiger partial charge in [-0.25, -0.2) is 0 Å². The van der Waals surface area contributed by atoms with Crippen molar-refractivity contribution < 1.29 is 13.7 Å². The number of rotatable bonds is 6. The van der Waals surface area contributed by atoms with E-state index in [0.29, 0.717) is 5.75 Å². The molecule has 2 aromatic carbocycles. The van der Waals surface area contributed by atoms with Crippen molar-refractivity contribution in [2.45, 2.75) is 5.75 Å². The summed E-state index contributed by atoms with van der Waals surface area (Å²) in [6.07, 6.45) is 0. The third-order valence-corrected chi connectivity index (χ3v) is 4.24. The van der Waals surface area contributed by atoms with Crippen LogP contribution in [0, 0.1) is 0 Å². The molecule has 0 aliphatic rings. The van der Waals surface area contributed by atoms with Gasteiger partial charge in [-0.2, -0.15) is 0 Å². The molecule has 0 N–H and O–H groups in total. The predicted octanol–water partition coefficient (Wildman–Crippen LogP) is 2.82. The third kappa shape index (κ3) is 5.00. The zero-order valence-electron chi connectivity index (χ0n) is 12.7. The van der Waals surface area contributed by atoms with Gasteiger partial charge in [-0.15, -0.1) is 0 Å². The van der Waals surface area contributed by atoms with E-state index < -0.39 is 10.8 Å². The standard InChI is InChI=1S/C17H19NO3S/c1-18(2)17(19)13-22(20)12-14-8-10-16(11-9-14)21-15-6-4-3-5-7-15/h3-11H,12-13H2,1-2H3. The van der Waals surface area contributed by atoms with Gasteiger partial charge in [0.2, 0.25) is 5.91 Å².